The molecule has 0 amide bonds. The molecule has 0 bridgehead atoms. The number of hydrogen-bond donors (Lipinski definition) is 0. The molecule has 0 nitrogen and oxygen atoms in total. The van der Waals surface area contributed by atoms with Crippen LogP contribution in [0.4, 0.5) is 17.6 Å². The fraction of sp³-hybridized carbons (Fsp3) is 0.684. The van der Waals surface area contributed by atoms with Crippen molar-refractivity contribution in [3.05, 3.63) is 34.9 Å². The zero-order valence-electron chi connectivity index (χ0n) is 14.1. The maximum absolute atomic E-state index is 13.8. The van der Waals surface area contributed by atoms with Crippen LogP contribution >= 0.6 is 15.9 Å². The summed E-state index contributed by atoms with van der Waals surface area (Å²) in [7, 11) is 0. The Labute approximate surface area is 150 Å². The lowest BCUT2D eigenvalue weighted by Gasteiger charge is -2.28. The molecule has 1 aromatic rings. The lowest BCUT2D eigenvalue weighted by molar-refractivity contribution is 0.105. The molecule has 1 fully saturated rings. The number of benzene rings is 1. The van der Waals surface area contributed by atoms with Crippen molar-refractivity contribution >= 4 is 15.9 Å². The zero-order valence-corrected chi connectivity index (χ0v) is 15.6. The van der Waals surface area contributed by atoms with Crippen LogP contribution in [0.2, 0.25) is 0 Å². The van der Waals surface area contributed by atoms with E-state index in [4.69, 9.17) is 0 Å². The SMILES string of the molecule is CCCCC1CCC(CCc2cc(F)c(C(F)(F)Br)c(F)c2)CC1. The zero-order chi connectivity index (χ0) is 17.7. The van der Waals surface area contributed by atoms with Crippen LogP contribution in [0.3, 0.4) is 0 Å². The van der Waals surface area contributed by atoms with Gasteiger partial charge in [0.25, 0.3) is 0 Å². The van der Waals surface area contributed by atoms with Crippen molar-refractivity contribution in [3.8, 4) is 0 Å². The largest absolute Gasteiger partial charge is 0.332 e. The van der Waals surface area contributed by atoms with Gasteiger partial charge in [0.15, 0.2) is 0 Å². The average Bonchev–Trinajstić information content (AvgIpc) is 2.50. The standard InChI is InChI=1S/C19H25BrF4/c1-2-3-4-13-5-7-14(8-6-13)9-10-15-11-16(21)18(17(22)12-15)19(20,23)24/h11-14H,2-10H2,1H3. The molecule has 0 unspecified atom stereocenters. The van der Waals surface area contributed by atoms with Crippen LogP contribution in [-0.4, -0.2) is 0 Å². The molecule has 0 spiro atoms. The van der Waals surface area contributed by atoms with Crippen LogP contribution in [0.25, 0.3) is 0 Å². The molecule has 1 aromatic carbocycles. The molecule has 0 aromatic heterocycles. The van der Waals surface area contributed by atoms with E-state index < -0.39 is 22.0 Å². The molecule has 1 aliphatic rings. The first-order valence-electron chi connectivity index (χ1n) is 8.86. The summed E-state index contributed by atoms with van der Waals surface area (Å²) in [4.78, 5) is -3.68. The summed E-state index contributed by atoms with van der Waals surface area (Å²) in [5, 5.41) is 0. The molecular formula is C19H25BrF4. The number of hydrogen-bond acceptors (Lipinski definition) is 0. The van der Waals surface area contributed by atoms with Crippen LogP contribution in [0, 0.1) is 23.5 Å². The van der Waals surface area contributed by atoms with Crippen molar-refractivity contribution in [2.45, 2.75) is 69.5 Å². The Morgan fingerprint density at radius 2 is 1.50 bits per heavy atom. The highest BCUT2D eigenvalue weighted by Gasteiger charge is 2.34. The Balaban J connectivity index is 1.87. The van der Waals surface area contributed by atoms with Crippen LogP contribution < -0.4 is 0 Å². The maximum Gasteiger partial charge on any atom is 0.332 e. The van der Waals surface area contributed by atoms with Gasteiger partial charge < -0.3 is 0 Å². The predicted molar refractivity (Wildman–Crippen MR) is 92.5 cm³/mol. The smallest absolute Gasteiger partial charge is 0.206 e. The molecule has 1 saturated carbocycles. The van der Waals surface area contributed by atoms with E-state index in [0.29, 0.717) is 17.9 Å². The predicted octanol–water partition coefficient (Wildman–Crippen LogP) is 7.34. The summed E-state index contributed by atoms with van der Waals surface area (Å²) in [6, 6.07) is 2.08. The molecule has 0 radical (unpaired) electrons. The van der Waals surface area contributed by atoms with Gasteiger partial charge in [-0.1, -0.05) is 51.9 Å². The Morgan fingerprint density at radius 1 is 1.00 bits per heavy atom. The normalized spacial score (nSPS) is 21.9. The van der Waals surface area contributed by atoms with Gasteiger partial charge in [0.1, 0.15) is 17.2 Å². The van der Waals surface area contributed by atoms with Crippen LogP contribution in [-0.2, 0) is 11.3 Å². The molecule has 1 aliphatic carbocycles. The van der Waals surface area contributed by atoms with E-state index in [1.165, 1.54) is 32.1 Å². The molecule has 2 rings (SSSR count). The van der Waals surface area contributed by atoms with E-state index in [0.717, 1.165) is 37.3 Å². The quantitative estimate of drug-likeness (QED) is 0.327. The monoisotopic (exact) mass is 408 g/mol. The third-order valence-electron chi connectivity index (χ3n) is 5.16. The lowest BCUT2D eigenvalue weighted by Crippen LogP contribution is -2.15. The summed E-state index contributed by atoms with van der Waals surface area (Å²) < 4.78 is 53.9. The van der Waals surface area contributed by atoms with Crippen molar-refractivity contribution in [2.24, 2.45) is 11.8 Å². The molecule has 24 heavy (non-hydrogen) atoms. The van der Waals surface area contributed by atoms with E-state index in [2.05, 4.69) is 6.92 Å². The van der Waals surface area contributed by atoms with Crippen LogP contribution in [0.1, 0.15) is 69.4 Å². The van der Waals surface area contributed by atoms with Gasteiger partial charge in [-0.05, 0) is 58.3 Å². The van der Waals surface area contributed by atoms with Gasteiger partial charge >= 0.3 is 4.83 Å². The molecule has 0 N–H and O–H groups in total. The van der Waals surface area contributed by atoms with Gasteiger partial charge in [-0.25, -0.2) is 8.78 Å². The number of unbranched alkanes of at least 4 members (excludes halogenated alkanes) is 1. The van der Waals surface area contributed by atoms with E-state index in [9.17, 15) is 17.6 Å². The summed E-state index contributed by atoms with van der Waals surface area (Å²) in [5.41, 5.74) is -0.749. The number of alkyl halides is 3. The van der Waals surface area contributed by atoms with Gasteiger partial charge in [0.05, 0.1) is 0 Å². The van der Waals surface area contributed by atoms with Crippen molar-refractivity contribution in [3.63, 3.8) is 0 Å². The highest BCUT2D eigenvalue weighted by Crippen LogP contribution is 2.39. The minimum Gasteiger partial charge on any atom is -0.206 e. The topological polar surface area (TPSA) is 0 Å². The fourth-order valence-electron chi connectivity index (χ4n) is 3.71. The van der Waals surface area contributed by atoms with Crippen molar-refractivity contribution < 1.29 is 17.6 Å². The van der Waals surface area contributed by atoms with Gasteiger partial charge in [0.2, 0.25) is 0 Å². The number of aryl methyl sites for hydroxylation is 1. The number of halogens is 5. The third kappa shape index (κ3) is 5.47. The highest BCUT2D eigenvalue weighted by atomic mass is 79.9. The molecule has 5 heteroatoms. The van der Waals surface area contributed by atoms with E-state index in [-0.39, 0.29) is 0 Å². The Bertz CT molecular complexity index is 508. The first-order chi connectivity index (χ1) is 11.3. The van der Waals surface area contributed by atoms with E-state index >= 15 is 0 Å². The van der Waals surface area contributed by atoms with Crippen LogP contribution in [0.5, 0.6) is 0 Å². The van der Waals surface area contributed by atoms with E-state index in [1.54, 1.807) is 0 Å². The summed E-state index contributed by atoms with van der Waals surface area (Å²) >= 11 is 2.02. The van der Waals surface area contributed by atoms with Gasteiger partial charge in [-0.2, -0.15) is 8.78 Å². The Hall–Kier alpha value is -0.580. The molecular weight excluding hydrogens is 384 g/mol. The summed E-state index contributed by atoms with van der Waals surface area (Å²) in [5.74, 6) is -0.965. The van der Waals surface area contributed by atoms with Crippen molar-refractivity contribution in [2.75, 3.05) is 0 Å². The Morgan fingerprint density at radius 3 is 1.96 bits per heavy atom. The molecule has 0 aliphatic heterocycles. The molecule has 0 heterocycles. The second-order valence-corrected chi connectivity index (χ2v) is 8.00. The second kappa shape index (κ2) is 8.68. The summed E-state index contributed by atoms with van der Waals surface area (Å²) in [6.45, 7) is 2.21. The highest BCUT2D eigenvalue weighted by molar-refractivity contribution is 9.09. The lowest BCUT2D eigenvalue weighted by atomic mass is 9.78. The van der Waals surface area contributed by atoms with Crippen molar-refractivity contribution in [1.29, 1.82) is 0 Å². The molecule has 0 atom stereocenters. The number of rotatable bonds is 7. The van der Waals surface area contributed by atoms with Gasteiger partial charge in [-0.15, -0.1) is 0 Å². The van der Waals surface area contributed by atoms with E-state index in [1.807, 2.05) is 15.9 Å². The first-order valence-corrected chi connectivity index (χ1v) is 9.65. The fourth-order valence-corrected chi connectivity index (χ4v) is 4.09. The Kier molecular flexibility index (Phi) is 7.14. The van der Waals surface area contributed by atoms with Gasteiger partial charge in [0, 0.05) is 0 Å². The minimum absolute atomic E-state index is 0.457. The molecule has 0 saturated heterocycles. The molecule has 136 valence electrons. The summed E-state index contributed by atoms with van der Waals surface area (Å²) in [6.07, 6.45) is 10.0. The van der Waals surface area contributed by atoms with Crippen LogP contribution in [0.15, 0.2) is 12.1 Å². The van der Waals surface area contributed by atoms with Gasteiger partial charge in [-0.3, -0.25) is 0 Å². The first kappa shape index (κ1) is 19.7. The minimum atomic E-state index is -3.68. The maximum atomic E-state index is 13.8. The second-order valence-electron chi connectivity index (χ2n) is 7.00. The van der Waals surface area contributed by atoms with Crippen molar-refractivity contribution in [1.82, 2.24) is 0 Å². The third-order valence-corrected chi connectivity index (χ3v) is 5.56. The average molecular weight is 409 g/mol.